The van der Waals surface area contributed by atoms with E-state index in [1.54, 1.807) is 6.08 Å². The zero-order valence-electron chi connectivity index (χ0n) is 16.3. The molecule has 0 bridgehead atoms. The van der Waals surface area contributed by atoms with Gasteiger partial charge in [-0.15, -0.1) is 0 Å². The van der Waals surface area contributed by atoms with Crippen molar-refractivity contribution in [1.29, 1.82) is 0 Å². The van der Waals surface area contributed by atoms with Gasteiger partial charge in [-0.05, 0) is 19.0 Å². The third kappa shape index (κ3) is 8.86. The highest BCUT2D eigenvalue weighted by Gasteiger charge is 2.48. The first-order valence-electron chi connectivity index (χ1n) is 10.2. The number of esters is 1. The van der Waals surface area contributed by atoms with Crippen molar-refractivity contribution in [3.8, 4) is 0 Å². The second kappa shape index (κ2) is 13.7. The van der Waals surface area contributed by atoms with Crippen molar-refractivity contribution in [2.45, 2.75) is 102 Å². The number of allylic oxidation sites excluding steroid dienone is 1. The summed E-state index contributed by atoms with van der Waals surface area (Å²) in [6, 6.07) is 0. The molecule has 156 valence electrons. The van der Waals surface area contributed by atoms with E-state index in [2.05, 4.69) is 17.0 Å². The van der Waals surface area contributed by atoms with Crippen molar-refractivity contribution in [2.75, 3.05) is 0 Å². The normalized spacial score (nSPS) is 23.6. The molecule has 4 N–H and O–H groups in total. The smallest absolute Gasteiger partial charge is 0.338 e. The Balaban J connectivity index is 2.03. The Morgan fingerprint density at radius 1 is 1.07 bits per heavy atom. The highest BCUT2D eigenvalue weighted by molar-refractivity contribution is 5.84. The highest BCUT2D eigenvalue weighted by atomic mass is 16.6. The number of hydrogen-bond donors (Lipinski definition) is 4. The number of nitrogens with one attached hydrogen (secondary N) is 1. The Morgan fingerprint density at radius 3 is 2.15 bits per heavy atom. The Morgan fingerprint density at radius 2 is 1.63 bits per heavy atom. The lowest BCUT2D eigenvalue weighted by molar-refractivity contribution is -0.153. The summed E-state index contributed by atoms with van der Waals surface area (Å²) in [7, 11) is 0. The summed E-state index contributed by atoms with van der Waals surface area (Å²) < 4.78 is 4.61. The number of ether oxygens (including phenoxy) is 1. The number of carbonyl (C=O) groups excluding carboxylic acids is 2. The van der Waals surface area contributed by atoms with E-state index in [0.717, 1.165) is 19.3 Å². The van der Waals surface area contributed by atoms with E-state index in [9.17, 15) is 24.9 Å². The largest absolute Gasteiger partial charge is 0.454 e. The molecule has 1 rings (SSSR count). The Labute approximate surface area is 161 Å². The number of cyclic esters (lactones) is 1. The third-order valence-corrected chi connectivity index (χ3v) is 4.80. The zero-order chi connectivity index (χ0) is 20.1. The molecule has 1 aliphatic heterocycles. The van der Waals surface area contributed by atoms with Crippen molar-refractivity contribution in [2.24, 2.45) is 0 Å². The molecule has 0 aromatic heterocycles. The van der Waals surface area contributed by atoms with Gasteiger partial charge in [0.05, 0.1) is 0 Å². The molecule has 27 heavy (non-hydrogen) atoms. The van der Waals surface area contributed by atoms with Gasteiger partial charge in [0, 0.05) is 0 Å². The summed E-state index contributed by atoms with van der Waals surface area (Å²) in [4.78, 5) is 22.9. The zero-order valence-corrected chi connectivity index (χ0v) is 16.3. The number of aliphatic hydroxyl groups is 3. The van der Waals surface area contributed by atoms with Crippen molar-refractivity contribution < 1.29 is 29.6 Å². The minimum Gasteiger partial charge on any atom is -0.454 e. The minimum absolute atomic E-state index is 0.791. The molecule has 1 amide bonds. The second-order valence-corrected chi connectivity index (χ2v) is 7.16. The summed E-state index contributed by atoms with van der Waals surface area (Å²) in [5.41, 5.74) is 0. The van der Waals surface area contributed by atoms with Crippen molar-refractivity contribution in [1.82, 2.24) is 5.32 Å². The molecule has 1 heterocycles. The lowest BCUT2D eigenvalue weighted by atomic mass is 10.1. The number of rotatable bonds is 14. The van der Waals surface area contributed by atoms with Gasteiger partial charge in [-0.2, -0.15) is 0 Å². The van der Waals surface area contributed by atoms with Crippen molar-refractivity contribution in [3.63, 3.8) is 0 Å². The summed E-state index contributed by atoms with van der Waals surface area (Å²) in [5, 5.41) is 31.1. The summed E-state index contributed by atoms with van der Waals surface area (Å²) in [6.07, 6.45) is 10.2. The average molecular weight is 386 g/mol. The molecule has 0 aliphatic carbocycles. The van der Waals surface area contributed by atoms with Crippen LogP contribution in [-0.4, -0.2) is 51.6 Å². The average Bonchev–Trinajstić information content (AvgIpc) is 2.92. The fourth-order valence-electron chi connectivity index (χ4n) is 3.05. The lowest BCUT2D eigenvalue weighted by Gasteiger charge is -2.18. The van der Waals surface area contributed by atoms with Gasteiger partial charge in [0.2, 0.25) is 0 Å². The lowest BCUT2D eigenvalue weighted by Crippen LogP contribution is -2.46. The van der Waals surface area contributed by atoms with Gasteiger partial charge in [0.25, 0.3) is 5.91 Å². The molecule has 1 fully saturated rings. The van der Waals surface area contributed by atoms with Crippen LogP contribution in [-0.2, 0) is 14.3 Å². The first-order valence-corrected chi connectivity index (χ1v) is 10.2. The van der Waals surface area contributed by atoms with Crippen molar-refractivity contribution in [3.05, 3.63) is 12.3 Å². The van der Waals surface area contributed by atoms with Crippen LogP contribution in [0.1, 0.15) is 77.6 Å². The Kier molecular flexibility index (Phi) is 12.0. The van der Waals surface area contributed by atoms with Gasteiger partial charge in [-0.25, -0.2) is 4.79 Å². The molecule has 0 aromatic rings. The molecule has 1 aliphatic rings. The van der Waals surface area contributed by atoms with Crippen LogP contribution >= 0.6 is 0 Å². The maximum atomic E-state index is 11.8. The number of amides is 1. The van der Waals surface area contributed by atoms with Gasteiger partial charge in [0.15, 0.2) is 18.3 Å². The summed E-state index contributed by atoms with van der Waals surface area (Å²) in [5.74, 6) is -1.84. The molecule has 0 aromatic carbocycles. The molecule has 0 saturated carbocycles. The Hall–Kier alpha value is -1.44. The van der Waals surface area contributed by atoms with E-state index >= 15 is 0 Å². The molecule has 0 unspecified atom stereocenters. The molecule has 7 nitrogen and oxygen atoms in total. The molecule has 0 radical (unpaired) electrons. The van der Waals surface area contributed by atoms with Gasteiger partial charge in [0.1, 0.15) is 6.10 Å². The van der Waals surface area contributed by atoms with E-state index < -0.39 is 36.3 Å². The van der Waals surface area contributed by atoms with E-state index in [1.807, 2.05) is 0 Å². The maximum Gasteiger partial charge on any atom is 0.338 e. The Bertz CT molecular complexity index is 467. The van der Waals surface area contributed by atoms with Gasteiger partial charge in [-0.1, -0.05) is 70.8 Å². The molecule has 1 saturated heterocycles. The number of hydrogen-bond acceptors (Lipinski definition) is 6. The van der Waals surface area contributed by atoms with E-state index in [1.165, 1.54) is 57.6 Å². The first kappa shape index (κ1) is 23.6. The fourth-order valence-corrected chi connectivity index (χ4v) is 3.05. The van der Waals surface area contributed by atoms with Crippen LogP contribution in [0, 0.1) is 0 Å². The van der Waals surface area contributed by atoms with Crippen LogP contribution in [0.5, 0.6) is 0 Å². The van der Waals surface area contributed by atoms with Crippen LogP contribution in [0.2, 0.25) is 0 Å². The second-order valence-electron chi connectivity index (χ2n) is 7.16. The highest BCUT2D eigenvalue weighted by Crippen LogP contribution is 2.19. The van der Waals surface area contributed by atoms with Gasteiger partial charge >= 0.3 is 5.97 Å². The van der Waals surface area contributed by atoms with Crippen LogP contribution in [0.4, 0.5) is 0 Å². The topological polar surface area (TPSA) is 116 Å². The van der Waals surface area contributed by atoms with E-state index in [0.29, 0.717) is 0 Å². The van der Waals surface area contributed by atoms with Crippen molar-refractivity contribution >= 4 is 11.9 Å². The minimum atomic E-state index is -1.73. The van der Waals surface area contributed by atoms with E-state index in [4.69, 9.17) is 0 Å². The standard InChI is InChI=1S/C20H35NO6/c1-2-3-4-5-6-7-8-9-10-11-12-13-14-21-19(25)17(24)18-15(22)16(23)20(26)27-18/h13-18,22-24H,2-12H2,1H3,(H,21,25)/t15-,16+,17-,18+/m1/s1. The maximum absolute atomic E-state index is 11.8. The molecule has 4 atom stereocenters. The monoisotopic (exact) mass is 385 g/mol. The molecular weight excluding hydrogens is 350 g/mol. The van der Waals surface area contributed by atoms with Gasteiger partial charge in [-0.3, -0.25) is 4.79 Å². The van der Waals surface area contributed by atoms with Crippen LogP contribution < -0.4 is 5.32 Å². The predicted octanol–water partition coefficient (Wildman–Crippen LogP) is 1.94. The van der Waals surface area contributed by atoms with Gasteiger partial charge < -0.3 is 25.4 Å². The van der Waals surface area contributed by atoms with Crippen LogP contribution in [0.15, 0.2) is 12.3 Å². The number of aliphatic hydroxyl groups excluding tert-OH is 3. The molecular formula is C20H35NO6. The quantitative estimate of drug-likeness (QED) is 0.268. The fraction of sp³-hybridized carbons (Fsp3) is 0.800. The van der Waals surface area contributed by atoms with Crippen LogP contribution in [0.25, 0.3) is 0 Å². The van der Waals surface area contributed by atoms with E-state index in [-0.39, 0.29) is 0 Å². The SMILES string of the molecule is CCCCCCCCCCCCC=CNC(=O)[C@H](O)[C@H]1OC(=O)[C@@H](O)[C@H]1O. The number of unbranched alkanes of at least 4 members (excludes halogenated alkanes) is 10. The predicted molar refractivity (Wildman–Crippen MR) is 102 cm³/mol. The summed E-state index contributed by atoms with van der Waals surface area (Å²) in [6.45, 7) is 2.23. The summed E-state index contributed by atoms with van der Waals surface area (Å²) >= 11 is 0. The first-order chi connectivity index (χ1) is 13.0. The molecule has 0 spiro atoms. The third-order valence-electron chi connectivity index (χ3n) is 4.80. The number of carbonyl (C=O) groups is 2. The molecule has 7 heteroatoms. The van der Waals surface area contributed by atoms with Crippen LogP contribution in [0.3, 0.4) is 0 Å².